The fraction of sp³-hybridized carbons (Fsp3) is 0.462. The highest BCUT2D eigenvalue weighted by molar-refractivity contribution is 5.77. The SMILES string of the molecule is CCCCCCCCCOC(=O)CCC(=O)OCc1ccc(Oc2ccccc2)cc1. The third kappa shape index (κ3) is 11.2. The van der Waals surface area contributed by atoms with Crippen LogP contribution in [0, 0.1) is 0 Å². The molecule has 0 atom stereocenters. The highest BCUT2D eigenvalue weighted by Crippen LogP contribution is 2.21. The topological polar surface area (TPSA) is 61.8 Å². The van der Waals surface area contributed by atoms with Crippen molar-refractivity contribution < 1.29 is 23.8 Å². The molecule has 0 amide bonds. The van der Waals surface area contributed by atoms with Gasteiger partial charge < -0.3 is 14.2 Å². The Kier molecular flexibility index (Phi) is 11.9. The van der Waals surface area contributed by atoms with E-state index in [0.29, 0.717) is 12.4 Å². The van der Waals surface area contributed by atoms with Gasteiger partial charge in [-0.05, 0) is 36.2 Å². The van der Waals surface area contributed by atoms with E-state index in [-0.39, 0.29) is 25.4 Å². The highest BCUT2D eigenvalue weighted by Gasteiger charge is 2.09. The van der Waals surface area contributed by atoms with Crippen molar-refractivity contribution in [3.05, 3.63) is 60.2 Å². The predicted molar refractivity (Wildman–Crippen MR) is 121 cm³/mol. The number of para-hydroxylation sites is 1. The molecule has 2 aromatic carbocycles. The number of ether oxygens (including phenoxy) is 3. The lowest BCUT2D eigenvalue weighted by molar-refractivity contribution is -0.151. The van der Waals surface area contributed by atoms with Crippen LogP contribution in [0.25, 0.3) is 0 Å². The molecule has 0 saturated heterocycles. The van der Waals surface area contributed by atoms with Crippen molar-refractivity contribution in [3.63, 3.8) is 0 Å². The van der Waals surface area contributed by atoms with Gasteiger partial charge in [-0.2, -0.15) is 0 Å². The minimum atomic E-state index is -0.405. The van der Waals surface area contributed by atoms with E-state index in [1.807, 2.05) is 54.6 Å². The molecule has 0 fully saturated rings. The lowest BCUT2D eigenvalue weighted by Gasteiger charge is -2.08. The second-order valence-corrected chi connectivity index (χ2v) is 7.56. The number of esters is 2. The van der Waals surface area contributed by atoms with E-state index in [4.69, 9.17) is 14.2 Å². The fourth-order valence-corrected chi connectivity index (χ4v) is 3.04. The highest BCUT2D eigenvalue weighted by atomic mass is 16.5. The summed E-state index contributed by atoms with van der Waals surface area (Å²) in [5.41, 5.74) is 0.857. The van der Waals surface area contributed by atoms with Gasteiger partial charge >= 0.3 is 11.9 Å². The summed E-state index contributed by atoms with van der Waals surface area (Å²) in [5, 5.41) is 0. The van der Waals surface area contributed by atoms with E-state index in [2.05, 4.69) is 6.92 Å². The minimum absolute atomic E-state index is 0.0328. The Balaban J connectivity index is 1.53. The molecule has 168 valence electrons. The van der Waals surface area contributed by atoms with Gasteiger partial charge in [0, 0.05) is 0 Å². The summed E-state index contributed by atoms with van der Waals surface area (Å²) < 4.78 is 16.2. The summed E-state index contributed by atoms with van der Waals surface area (Å²) in [6.07, 6.45) is 8.30. The molecule has 0 aliphatic rings. The first-order valence-electron chi connectivity index (χ1n) is 11.3. The molecule has 31 heavy (non-hydrogen) atoms. The summed E-state index contributed by atoms with van der Waals surface area (Å²) in [5.74, 6) is 0.730. The van der Waals surface area contributed by atoms with Crippen LogP contribution in [0.4, 0.5) is 0 Å². The summed E-state index contributed by atoms with van der Waals surface area (Å²) in [4.78, 5) is 23.6. The molecule has 5 nitrogen and oxygen atoms in total. The van der Waals surface area contributed by atoms with E-state index in [9.17, 15) is 9.59 Å². The number of carbonyl (C=O) groups excluding carboxylic acids is 2. The van der Waals surface area contributed by atoms with Crippen LogP contribution in [0.1, 0.15) is 70.3 Å². The Morgan fingerprint density at radius 2 is 1.26 bits per heavy atom. The lowest BCUT2D eigenvalue weighted by Crippen LogP contribution is -2.11. The Bertz CT molecular complexity index is 755. The molecule has 0 bridgehead atoms. The normalized spacial score (nSPS) is 10.5. The maximum Gasteiger partial charge on any atom is 0.306 e. The first kappa shape index (κ1) is 24.4. The van der Waals surface area contributed by atoms with Crippen LogP contribution in [-0.2, 0) is 25.7 Å². The van der Waals surface area contributed by atoms with Crippen molar-refractivity contribution in [2.75, 3.05) is 6.61 Å². The molecular formula is C26H34O5. The van der Waals surface area contributed by atoms with Gasteiger partial charge in [0.25, 0.3) is 0 Å². The monoisotopic (exact) mass is 426 g/mol. The molecule has 0 aliphatic heterocycles. The molecule has 0 aromatic heterocycles. The standard InChI is InChI=1S/C26H34O5/c1-2-3-4-5-6-7-11-20-29-25(27)18-19-26(28)30-21-22-14-16-24(17-15-22)31-23-12-9-8-10-13-23/h8-10,12-17H,2-7,11,18-21H2,1H3. The van der Waals surface area contributed by atoms with Gasteiger partial charge in [0.2, 0.25) is 0 Å². The largest absolute Gasteiger partial charge is 0.466 e. The summed E-state index contributed by atoms with van der Waals surface area (Å²) in [6.45, 7) is 2.80. The molecular weight excluding hydrogens is 392 g/mol. The van der Waals surface area contributed by atoms with Crippen LogP contribution >= 0.6 is 0 Å². The van der Waals surface area contributed by atoms with E-state index in [1.165, 1.54) is 32.1 Å². The van der Waals surface area contributed by atoms with E-state index < -0.39 is 5.97 Å². The zero-order valence-corrected chi connectivity index (χ0v) is 18.5. The molecule has 2 rings (SSSR count). The van der Waals surface area contributed by atoms with Crippen molar-refractivity contribution in [3.8, 4) is 11.5 Å². The number of hydrogen-bond donors (Lipinski definition) is 0. The molecule has 0 saturated carbocycles. The Labute approximate surface area is 185 Å². The molecule has 0 aliphatic carbocycles. The summed E-state index contributed by atoms with van der Waals surface area (Å²) in [7, 11) is 0. The maximum atomic E-state index is 11.9. The number of benzene rings is 2. The third-order valence-corrected chi connectivity index (χ3v) is 4.85. The smallest absolute Gasteiger partial charge is 0.306 e. The Morgan fingerprint density at radius 3 is 1.94 bits per heavy atom. The van der Waals surface area contributed by atoms with Crippen LogP contribution in [0.5, 0.6) is 11.5 Å². The van der Waals surface area contributed by atoms with E-state index >= 15 is 0 Å². The van der Waals surface area contributed by atoms with Crippen molar-refractivity contribution >= 4 is 11.9 Å². The quantitative estimate of drug-likeness (QED) is 0.237. The van der Waals surface area contributed by atoms with Crippen molar-refractivity contribution in [2.45, 2.75) is 71.3 Å². The van der Waals surface area contributed by atoms with Gasteiger partial charge in [-0.3, -0.25) is 9.59 Å². The van der Waals surface area contributed by atoms with Crippen LogP contribution < -0.4 is 4.74 Å². The number of rotatable bonds is 15. The second kappa shape index (κ2) is 15.1. The Hall–Kier alpha value is -2.82. The van der Waals surface area contributed by atoms with Gasteiger partial charge in [-0.15, -0.1) is 0 Å². The average Bonchev–Trinajstić information content (AvgIpc) is 2.79. The summed E-state index contributed by atoms with van der Waals surface area (Å²) in [6, 6.07) is 16.9. The van der Waals surface area contributed by atoms with Crippen molar-refractivity contribution in [1.29, 1.82) is 0 Å². The molecule has 0 unspecified atom stereocenters. The van der Waals surface area contributed by atoms with Crippen LogP contribution in [0.2, 0.25) is 0 Å². The van der Waals surface area contributed by atoms with Crippen molar-refractivity contribution in [1.82, 2.24) is 0 Å². The van der Waals surface area contributed by atoms with Gasteiger partial charge in [0.05, 0.1) is 19.4 Å². The third-order valence-electron chi connectivity index (χ3n) is 4.85. The van der Waals surface area contributed by atoms with Gasteiger partial charge in [-0.1, -0.05) is 75.8 Å². The predicted octanol–water partition coefficient (Wildman–Crippen LogP) is 6.60. The first-order chi connectivity index (χ1) is 15.2. The first-order valence-corrected chi connectivity index (χ1v) is 11.3. The molecule has 0 N–H and O–H groups in total. The maximum absolute atomic E-state index is 11.9. The lowest BCUT2D eigenvalue weighted by atomic mass is 10.1. The van der Waals surface area contributed by atoms with Crippen LogP contribution in [0.3, 0.4) is 0 Å². The molecule has 5 heteroatoms. The number of carbonyl (C=O) groups is 2. The van der Waals surface area contributed by atoms with Gasteiger partial charge in [0.15, 0.2) is 0 Å². The van der Waals surface area contributed by atoms with Gasteiger partial charge in [-0.25, -0.2) is 0 Å². The second-order valence-electron chi connectivity index (χ2n) is 7.56. The molecule has 0 heterocycles. The van der Waals surface area contributed by atoms with Crippen molar-refractivity contribution in [2.24, 2.45) is 0 Å². The average molecular weight is 427 g/mol. The molecule has 0 radical (unpaired) electrons. The summed E-state index contributed by atoms with van der Waals surface area (Å²) >= 11 is 0. The Morgan fingerprint density at radius 1 is 0.677 bits per heavy atom. The van der Waals surface area contributed by atoms with E-state index in [0.717, 1.165) is 24.2 Å². The fourth-order valence-electron chi connectivity index (χ4n) is 3.04. The number of hydrogen-bond acceptors (Lipinski definition) is 5. The van der Waals surface area contributed by atoms with Gasteiger partial charge in [0.1, 0.15) is 18.1 Å². The number of unbranched alkanes of at least 4 members (excludes halogenated alkanes) is 6. The molecule has 0 spiro atoms. The zero-order valence-electron chi connectivity index (χ0n) is 18.5. The van der Waals surface area contributed by atoms with Crippen LogP contribution in [-0.4, -0.2) is 18.5 Å². The van der Waals surface area contributed by atoms with Crippen LogP contribution in [0.15, 0.2) is 54.6 Å². The minimum Gasteiger partial charge on any atom is -0.466 e. The zero-order chi connectivity index (χ0) is 22.2. The molecule has 2 aromatic rings. The van der Waals surface area contributed by atoms with E-state index in [1.54, 1.807) is 0 Å².